The fourth-order valence-electron chi connectivity index (χ4n) is 3.88. The highest BCUT2D eigenvalue weighted by Gasteiger charge is 2.29. The SMILES string of the molecule is S=c1n(CN2CCN(c3cccc(Cl)c3)CC2)nc(-c2ccncc2)n1C1CC1. The van der Waals surface area contributed by atoms with Crippen LogP contribution in [0.15, 0.2) is 48.8 Å². The molecule has 0 atom stereocenters. The number of benzene rings is 1. The van der Waals surface area contributed by atoms with Crippen LogP contribution in [0, 0.1) is 4.77 Å². The van der Waals surface area contributed by atoms with Gasteiger partial charge in [0.05, 0.1) is 6.67 Å². The molecule has 0 spiro atoms. The summed E-state index contributed by atoms with van der Waals surface area (Å²) in [5.74, 6) is 0.956. The molecule has 1 saturated carbocycles. The molecule has 150 valence electrons. The zero-order chi connectivity index (χ0) is 19.8. The fourth-order valence-corrected chi connectivity index (χ4v) is 4.40. The van der Waals surface area contributed by atoms with E-state index in [-0.39, 0.29) is 0 Å². The molecule has 1 aromatic carbocycles. The molecule has 8 heteroatoms. The Labute approximate surface area is 180 Å². The van der Waals surface area contributed by atoms with Gasteiger partial charge < -0.3 is 4.90 Å². The summed E-state index contributed by atoms with van der Waals surface area (Å²) in [6.07, 6.45) is 5.97. The van der Waals surface area contributed by atoms with Gasteiger partial charge in [-0.05, 0) is 55.4 Å². The largest absolute Gasteiger partial charge is 0.369 e. The minimum absolute atomic E-state index is 0.485. The van der Waals surface area contributed by atoms with Gasteiger partial charge in [0.25, 0.3) is 0 Å². The molecule has 0 N–H and O–H groups in total. The van der Waals surface area contributed by atoms with Gasteiger partial charge in [0, 0.05) is 60.9 Å². The maximum absolute atomic E-state index is 6.15. The molecule has 2 aromatic heterocycles. The van der Waals surface area contributed by atoms with E-state index in [0.717, 1.165) is 54.0 Å². The van der Waals surface area contributed by atoms with Crippen molar-refractivity contribution in [1.29, 1.82) is 0 Å². The number of rotatable bonds is 5. The quantitative estimate of drug-likeness (QED) is 0.571. The van der Waals surface area contributed by atoms with Gasteiger partial charge in [0.1, 0.15) is 0 Å². The normalized spacial score (nSPS) is 17.6. The van der Waals surface area contributed by atoms with Crippen molar-refractivity contribution in [2.45, 2.75) is 25.6 Å². The molecular weight excluding hydrogens is 404 g/mol. The summed E-state index contributed by atoms with van der Waals surface area (Å²) in [6.45, 7) is 4.59. The molecule has 5 rings (SSSR count). The van der Waals surface area contributed by atoms with Gasteiger partial charge in [0.2, 0.25) is 0 Å². The average Bonchev–Trinajstić information content (AvgIpc) is 3.54. The molecule has 1 aliphatic carbocycles. The minimum Gasteiger partial charge on any atom is -0.369 e. The van der Waals surface area contributed by atoms with E-state index in [1.807, 2.05) is 47.4 Å². The lowest BCUT2D eigenvalue weighted by Crippen LogP contribution is -2.47. The van der Waals surface area contributed by atoms with Crippen LogP contribution in [-0.4, -0.2) is 50.4 Å². The van der Waals surface area contributed by atoms with Crippen LogP contribution in [0.2, 0.25) is 5.02 Å². The Bertz CT molecular complexity index is 1050. The Balaban J connectivity index is 1.32. The van der Waals surface area contributed by atoms with E-state index in [1.54, 1.807) is 0 Å². The number of hydrogen-bond acceptors (Lipinski definition) is 5. The third-order valence-electron chi connectivity index (χ3n) is 5.60. The summed E-state index contributed by atoms with van der Waals surface area (Å²) < 4.78 is 5.03. The van der Waals surface area contributed by atoms with Gasteiger partial charge >= 0.3 is 0 Å². The monoisotopic (exact) mass is 426 g/mol. The first-order chi connectivity index (χ1) is 14.2. The van der Waals surface area contributed by atoms with E-state index >= 15 is 0 Å². The molecule has 2 aliphatic rings. The maximum Gasteiger partial charge on any atom is 0.199 e. The predicted octanol–water partition coefficient (Wildman–Crippen LogP) is 4.24. The maximum atomic E-state index is 6.15. The minimum atomic E-state index is 0.485. The second-order valence-electron chi connectivity index (χ2n) is 7.67. The number of halogens is 1. The molecule has 0 unspecified atom stereocenters. The van der Waals surface area contributed by atoms with Crippen molar-refractivity contribution < 1.29 is 0 Å². The van der Waals surface area contributed by atoms with Gasteiger partial charge in [-0.25, -0.2) is 4.68 Å². The van der Waals surface area contributed by atoms with Crippen LogP contribution in [0.5, 0.6) is 0 Å². The topological polar surface area (TPSA) is 42.1 Å². The summed E-state index contributed by atoms with van der Waals surface area (Å²) in [5, 5.41) is 5.68. The van der Waals surface area contributed by atoms with Crippen LogP contribution in [0.3, 0.4) is 0 Å². The Morgan fingerprint density at radius 1 is 1.03 bits per heavy atom. The van der Waals surface area contributed by atoms with E-state index in [0.29, 0.717) is 6.04 Å². The third-order valence-corrected chi connectivity index (χ3v) is 6.24. The first kappa shape index (κ1) is 18.8. The van der Waals surface area contributed by atoms with Crippen molar-refractivity contribution in [3.63, 3.8) is 0 Å². The van der Waals surface area contributed by atoms with Crippen molar-refractivity contribution >= 4 is 29.5 Å². The zero-order valence-electron chi connectivity index (χ0n) is 16.1. The molecular formula is C21H23ClN6S. The molecule has 3 heterocycles. The molecule has 29 heavy (non-hydrogen) atoms. The highest BCUT2D eigenvalue weighted by Crippen LogP contribution is 2.38. The fraction of sp³-hybridized carbons (Fsp3) is 0.381. The van der Waals surface area contributed by atoms with Gasteiger partial charge in [-0.2, -0.15) is 5.10 Å². The van der Waals surface area contributed by atoms with Gasteiger partial charge in [0.15, 0.2) is 10.6 Å². The van der Waals surface area contributed by atoms with Crippen molar-refractivity contribution in [2.24, 2.45) is 0 Å². The summed E-state index contributed by atoms with van der Waals surface area (Å²) in [7, 11) is 0. The lowest BCUT2D eigenvalue weighted by molar-refractivity contribution is 0.194. The number of hydrogen-bond donors (Lipinski definition) is 0. The standard InChI is InChI=1S/C21H23ClN6S/c22-17-2-1-3-19(14-17)26-12-10-25(11-13-26)15-27-21(29)28(18-4-5-18)20(24-27)16-6-8-23-9-7-16/h1-3,6-9,14,18H,4-5,10-13,15H2. The summed E-state index contributed by atoms with van der Waals surface area (Å²) in [6, 6.07) is 12.6. The van der Waals surface area contributed by atoms with Crippen LogP contribution in [0.25, 0.3) is 11.4 Å². The van der Waals surface area contributed by atoms with Crippen LogP contribution in [0.1, 0.15) is 18.9 Å². The highest BCUT2D eigenvalue weighted by molar-refractivity contribution is 7.71. The average molecular weight is 427 g/mol. The zero-order valence-corrected chi connectivity index (χ0v) is 17.7. The Hall–Kier alpha value is -2.22. The number of piperazine rings is 1. The van der Waals surface area contributed by atoms with Gasteiger partial charge in [-0.1, -0.05) is 17.7 Å². The molecule has 0 bridgehead atoms. The number of pyridine rings is 1. The van der Waals surface area contributed by atoms with Crippen LogP contribution >= 0.6 is 23.8 Å². The highest BCUT2D eigenvalue weighted by atomic mass is 35.5. The second kappa shape index (κ2) is 7.89. The molecule has 1 aliphatic heterocycles. The van der Waals surface area contributed by atoms with Gasteiger partial charge in [-0.15, -0.1) is 0 Å². The Kier molecular flexibility index (Phi) is 5.11. The van der Waals surface area contributed by atoms with Crippen molar-refractivity contribution in [1.82, 2.24) is 24.2 Å². The van der Waals surface area contributed by atoms with E-state index in [9.17, 15) is 0 Å². The van der Waals surface area contributed by atoms with Crippen LogP contribution in [-0.2, 0) is 6.67 Å². The van der Waals surface area contributed by atoms with E-state index < -0.39 is 0 Å². The van der Waals surface area contributed by atoms with E-state index in [2.05, 4.69) is 25.4 Å². The van der Waals surface area contributed by atoms with Crippen LogP contribution < -0.4 is 4.90 Å². The molecule has 3 aromatic rings. The van der Waals surface area contributed by atoms with E-state index in [4.69, 9.17) is 28.9 Å². The van der Waals surface area contributed by atoms with Crippen LogP contribution in [0.4, 0.5) is 5.69 Å². The summed E-state index contributed by atoms with van der Waals surface area (Å²) in [4.78, 5) is 8.93. The lowest BCUT2D eigenvalue weighted by Gasteiger charge is -2.35. The second-order valence-corrected chi connectivity index (χ2v) is 8.47. The Morgan fingerprint density at radius 3 is 2.48 bits per heavy atom. The first-order valence-corrected chi connectivity index (χ1v) is 10.8. The van der Waals surface area contributed by atoms with E-state index in [1.165, 1.54) is 18.5 Å². The molecule has 0 radical (unpaired) electrons. The first-order valence-electron chi connectivity index (χ1n) is 10.0. The predicted molar refractivity (Wildman–Crippen MR) is 118 cm³/mol. The van der Waals surface area contributed by atoms with Crippen molar-refractivity contribution in [2.75, 3.05) is 31.1 Å². The number of aromatic nitrogens is 4. The number of nitrogens with zero attached hydrogens (tertiary/aromatic N) is 6. The summed E-state index contributed by atoms with van der Waals surface area (Å²) >= 11 is 12.0. The lowest BCUT2D eigenvalue weighted by atomic mass is 10.2. The smallest absolute Gasteiger partial charge is 0.199 e. The molecule has 1 saturated heterocycles. The molecule has 6 nitrogen and oxygen atoms in total. The third kappa shape index (κ3) is 3.95. The van der Waals surface area contributed by atoms with Crippen molar-refractivity contribution in [3.8, 4) is 11.4 Å². The molecule has 2 fully saturated rings. The molecule has 0 amide bonds. The van der Waals surface area contributed by atoms with Crippen molar-refractivity contribution in [3.05, 3.63) is 58.6 Å². The Morgan fingerprint density at radius 2 is 1.79 bits per heavy atom. The summed E-state index contributed by atoms with van der Waals surface area (Å²) in [5.41, 5.74) is 2.26. The number of anilines is 1. The van der Waals surface area contributed by atoms with Gasteiger partial charge in [-0.3, -0.25) is 14.5 Å².